The summed E-state index contributed by atoms with van der Waals surface area (Å²) in [6.07, 6.45) is 1.05. The van der Waals surface area contributed by atoms with Gasteiger partial charge in [-0.25, -0.2) is 0 Å². The molecule has 4 aromatic rings. The second-order valence-corrected chi connectivity index (χ2v) is 11.6. The van der Waals surface area contributed by atoms with E-state index in [9.17, 15) is 14.7 Å². The van der Waals surface area contributed by atoms with Crippen molar-refractivity contribution in [1.29, 1.82) is 0 Å². The Kier molecular flexibility index (Phi) is 7.06. The van der Waals surface area contributed by atoms with Crippen LogP contribution in [0.15, 0.2) is 74.1 Å². The number of pyridine rings is 1. The highest BCUT2D eigenvalue weighted by Crippen LogP contribution is 2.41. The molecule has 1 fully saturated rings. The lowest BCUT2D eigenvalue weighted by molar-refractivity contribution is -0.120. The van der Waals surface area contributed by atoms with Gasteiger partial charge in [-0.05, 0) is 67.6 Å². The van der Waals surface area contributed by atoms with E-state index in [0.29, 0.717) is 30.3 Å². The fourth-order valence-corrected chi connectivity index (χ4v) is 6.36. The van der Waals surface area contributed by atoms with Crippen molar-refractivity contribution in [3.8, 4) is 11.6 Å². The lowest BCUT2D eigenvalue weighted by atomic mass is 9.83. The molecule has 2 aliphatic rings. The summed E-state index contributed by atoms with van der Waals surface area (Å²) in [6, 6.07) is 16.9. The summed E-state index contributed by atoms with van der Waals surface area (Å²) in [5, 5.41) is 20.0. The van der Waals surface area contributed by atoms with E-state index < -0.39 is 5.91 Å². The number of rotatable bonds is 6. The van der Waals surface area contributed by atoms with Gasteiger partial charge < -0.3 is 14.4 Å². The molecule has 6 rings (SSSR count). The maximum atomic E-state index is 12.5. The fourth-order valence-electron chi connectivity index (χ4n) is 6.00. The molecule has 0 spiro atoms. The molecule has 0 radical (unpaired) electrons. The summed E-state index contributed by atoms with van der Waals surface area (Å²) in [5.41, 5.74) is 4.21. The Morgan fingerprint density at radius 1 is 1.10 bits per heavy atom. The summed E-state index contributed by atoms with van der Waals surface area (Å²) < 4.78 is 10.2. The number of carbonyl (C=O) groups is 1. The van der Waals surface area contributed by atoms with Gasteiger partial charge in [0.1, 0.15) is 5.75 Å². The average molecular weight is 605 g/mol. The summed E-state index contributed by atoms with van der Waals surface area (Å²) >= 11 is 3.51. The van der Waals surface area contributed by atoms with E-state index in [-0.39, 0.29) is 29.7 Å². The number of azo groups is 1. The number of benzene rings is 2. The number of fused-ring (bicyclic) bond motifs is 5. The van der Waals surface area contributed by atoms with Gasteiger partial charge in [-0.3, -0.25) is 19.1 Å². The van der Waals surface area contributed by atoms with Crippen molar-refractivity contribution in [2.24, 2.45) is 16.1 Å². The largest absolute Gasteiger partial charge is 0.493 e. The Balaban J connectivity index is 1.24. The molecule has 1 amide bonds. The molecule has 206 valence electrons. The van der Waals surface area contributed by atoms with Gasteiger partial charge in [0.15, 0.2) is 12.3 Å². The van der Waals surface area contributed by atoms with Crippen molar-refractivity contribution >= 4 is 38.4 Å². The topological polar surface area (TPSA) is 101 Å². The molecule has 2 aromatic heterocycles. The quantitative estimate of drug-likeness (QED) is 0.287. The van der Waals surface area contributed by atoms with E-state index in [0.717, 1.165) is 46.3 Å². The Hall–Kier alpha value is -3.76. The third kappa shape index (κ3) is 4.97. The van der Waals surface area contributed by atoms with Crippen molar-refractivity contribution in [3.05, 3.63) is 86.2 Å². The SMILES string of the molecule is Cc1cccc(OCC(=O)N=Nc2c(O)n(CN3CC4CC(C3)c3cccc(=O)n3C4)c3ccc(Br)cc23)c1C. The Morgan fingerprint density at radius 3 is 2.77 bits per heavy atom. The molecule has 9 nitrogen and oxygen atoms in total. The minimum atomic E-state index is -0.547. The van der Waals surface area contributed by atoms with Crippen LogP contribution in [0.4, 0.5) is 5.69 Å². The number of amides is 1. The maximum absolute atomic E-state index is 12.5. The lowest BCUT2D eigenvalue weighted by Crippen LogP contribution is -2.47. The highest BCUT2D eigenvalue weighted by atomic mass is 79.9. The van der Waals surface area contributed by atoms with Crippen molar-refractivity contribution in [2.75, 3.05) is 19.7 Å². The third-order valence-electron chi connectivity index (χ3n) is 8.04. The molecular formula is C30H30BrN5O4. The van der Waals surface area contributed by atoms with E-state index >= 15 is 0 Å². The number of aryl methyl sites for hydroxylation is 1. The number of piperidine rings is 1. The number of aromatic hydroxyl groups is 1. The van der Waals surface area contributed by atoms with E-state index in [1.165, 1.54) is 0 Å². The van der Waals surface area contributed by atoms with Gasteiger partial charge in [0.2, 0.25) is 5.88 Å². The summed E-state index contributed by atoms with van der Waals surface area (Å²) in [6.45, 7) is 6.43. The predicted octanol–water partition coefficient (Wildman–Crippen LogP) is 5.65. The summed E-state index contributed by atoms with van der Waals surface area (Å²) in [4.78, 5) is 27.3. The van der Waals surface area contributed by atoms with E-state index in [4.69, 9.17) is 4.74 Å². The second-order valence-electron chi connectivity index (χ2n) is 10.7. The Labute approximate surface area is 239 Å². The molecule has 0 saturated carbocycles. The monoisotopic (exact) mass is 603 g/mol. The normalized spacial score (nSPS) is 18.8. The van der Waals surface area contributed by atoms with Crippen LogP contribution in [-0.2, 0) is 18.0 Å². The Morgan fingerprint density at radius 2 is 1.93 bits per heavy atom. The number of ether oxygens (including phenoxy) is 1. The minimum Gasteiger partial charge on any atom is -0.493 e. The molecule has 2 unspecified atom stereocenters. The highest BCUT2D eigenvalue weighted by Gasteiger charge is 2.35. The standard InChI is InChI=1S/C30H30BrN5O4/c1-18-5-3-7-26(19(18)2)40-16-27(37)32-33-29-23-12-22(31)9-10-25(23)36(30(29)39)17-34-13-20-11-21(15-34)24-6-4-8-28(38)35(24)14-20/h3-10,12,20-21,39H,11,13-17H2,1-2H3. The molecule has 4 heterocycles. The smallest absolute Gasteiger partial charge is 0.302 e. The van der Waals surface area contributed by atoms with Crippen LogP contribution in [0.25, 0.3) is 10.9 Å². The van der Waals surface area contributed by atoms with Crippen molar-refractivity contribution in [1.82, 2.24) is 14.0 Å². The van der Waals surface area contributed by atoms with Crippen LogP contribution >= 0.6 is 15.9 Å². The molecule has 2 atom stereocenters. The first-order valence-corrected chi connectivity index (χ1v) is 14.1. The van der Waals surface area contributed by atoms with Gasteiger partial charge in [-0.2, -0.15) is 0 Å². The predicted molar refractivity (Wildman–Crippen MR) is 155 cm³/mol. The van der Waals surface area contributed by atoms with E-state index in [1.807, 2.05) is 71.5 Å². The van der Waals surface area contributed by atoms with Crippen molar-refractivity contribution in [2.45, 2.75) is 39.4 Å². The summed E-state index contributed by atoms with van der Waals surface area (Å²) in [7, 11) is 0. The van der Waals surface area contributed by atoms with Crippen LogP contribution in [0.1, 0.15) is 29.2 Å². The third-order valence-corrected chi connectivity index (χ3v) is 8.53. The molecule has 40 heavy (non-hydrogen) atoms. The zero-order valence-corrected chi connectivity index (χ0v) is 24.0. The molecule has 2 aliphatic heterocycles. The first kappa shape index (κ1) is 26.5. The highest BCUT2D eigenvalue weighted by molar-refractivity contribution is 9.10. The number of hydrogen-bond donors (Lipinski definition) is 1. The minimum absolute atomic E-state index is 0.0487. The molecular weight excluding hydrogens is 574 g/mol. The lowest BCUT2D eigenvalue weighted by Gasteiger charge is -2.42. The van der Waals surface area contributed by atoms with E-state index in [2.05, 4.69) is 31.1 Å². The molecule has 10 heteroatoms. The first-order valence-electron chi connectivity index (χ1n) is 13.3. The van der Waals surface area contributed by atoms with Gasteiger partial charge in [0.25, 0.3) is 5.56 Å². The number of hydrogen-bond acceptors (Lipinski definition) is 6. The van der Waals surface area contributed by atoms with Gasteiger partial charge in [0.05, 0.1) is 12.2 Å². The second kappa shape index (κ2) is 10.7. The average Bonchev–Trinajstić information content (AvgIpc) is 3.18. The zero-order valence-electron chi connectivity index (χ0n) is 22.4. The molecule has 2 bridgehead atoms. The van der Waals surface area contributed by atoms with Gasteiger partial charge >= 0.3 is 5.91 Å². The zero-order chi connectivity index (χ0) is 28.0. The number of likely N-dealkylation sites (tertiary alicyclic amines) is 1. The molecule has 0 aliphatic carbocycles. The van der Waals surface area contributed by atoms with E-state index in [1.54, 1.807) is 6.07 Å². The van der Waals surface area contributed by atoms with Crippen LogP contribution in [0.2, 0.25) is 0 Å². The Bertz CT molecular complexity index is 1710. The van der Waals surface area contributed by atoms with Crippen LogP contribution in [0, 0.1) is 19.8 Å². The number of halogens is 1. The van der Waals surface area contributed by atoms with Gasteiger partial charge in [-0.1, -0.05) is 34.1 Å². The van der Waals surface area contributed by atoms with Crippen molar-refractivity contribution in [3.63, 3.8) is 0 Å². The van der Waals surface area contributed by atoms with Gasteiger partial charge in [0, 0.05) is 47.2 Å². The maximum Gasteiger partial charge on any atom is 0.302 e. The summed E-state index contributed by atoms with van der Waals surface area (Å²) in [5.74, 6) is 0.652. The number of aromatic nitrogens is 2. The van der Waals surface area contributed by atoms with Crippen LogP contribution < -0.4 is 10.3 Å². The molecule has 1 saturated heterocycles. The van der Waals surface area contributed by atoms with Crippen LogP contribution in [0.5, 0.6) is 11.6 Å². The number of carbonyl (C=O) groups excluding carboxylic acids is 1. The van der Waals surface area contributed by atoms with Gasteiger partial charge in [-0.15, -0.1) is 10.2 Å². The number of nitrogens with zero attached hydrogens (tertiary/aromatic N) is 5. The first-order chi connectivity index (χ1) is 19.3. The fraction of sp³-hybridized carbons (Fsp3) is 0.333. The van der Waals surface area contributed by atoms with Crippen LogP contribution in [0.3, 0.4) is 0 Å². The molecule has 1 N–H and O–H groups in total. The molecule has 2 aromatic carbocycles. The van der Waals surface area contributed by atoms with Crippen LogP contribution in [-0.4, -0.2) is 44.7 Å². The van der Waals surface area contributed by atoms with Crippen molar-refractivity contribution < 1.29 is 14.6 Å².